The predicted octanol–water partition coefficient (Wildman–Crippen LogP) is 5.99. The number of benzene rings is 1. The van der Waals surface area contributed by atoms with Gasteiger partial charge in [0.1, 0.15) is 3.70 Å². The first kappa shape index (κ1) is 20.4. The van der Waals surface area contributed by atoms with E-state index in [1.54, 1.807) is 6.07 Å². The molecule has 0 spiro atoms. The van der Waals surface area contributed by atoms with Gasteiger partial charge in [-0.15, -0.1) is 0 Å². The zero-order chi connectivity index (χ0) is 20.0. The SMILES string of the molecule is Cc1c(CO[Si](C)(C)C(C)(C)C)ccc2c(I)nn(-c3ccc(F)nc3)c12. The lowest BCUT2D eigenvalue weighted by molar-refractivity contribution is 0.276. The summed E-state index contributed by atoms with van der Waals surface area (Å²) in [4.78, 5) is 3.77. The molecule has 0 atom stereocenters. The number of fused-ring (bicyclic) bond motifs is 1. The Morgan fingerprint density at radius 1 is 1.19 bits per heavy atom. The topological polar surface area (TPSA) is 39.9 Å². The maximum absolute atomic E-state index is 13.2. The van der Waals surface area contributed by atoms with Crippen molar-refractivity contribution in [2.45, 2.75) is 52.4 Å². The summed E-state index contributed by atoms with van der Waals surface area (Å²) in [5.41, 5.74) is 4.05. The molecule has 3 rings (SSSR count). The van der Waals surface area contributed by atoms with Crippen LogP contribution in [-0.2, 0) is 11.0 Å². The number of hydrogen-bond acceptors (Lipinski definition) is 3. The van der Waals surface area contributed by atoms with E-state index in [2.05, 4.69) is 85.6 Å². The van der Waals surface area contributed by atoms with Gasteiger partial charge in [-0.1, -0.05) is 26.8 Å². The highest BCUT2D eigenvalue weighted by molar-refractivity contribution is 14.1. The minimum absolute atomic E-state index is 0.169. The molecule has 144 valence electrons. The van der Waals surface area contributed by atoms with Gasteiger partial charge in [-0.25, -0.2) is 9.67 Å². The summed E-state index contributed by atoms with van der Waals surface area (Å²) in [7, 11) is -1.83. The first-order chi connectivity index (χ1) is 12.5. The molecule has 0 radical (unpaired) electrons. The summed E-state index contributed by atoms with van der Waals surface area (Å²) < 4.78 is 22.4. The molecule has 2 heterocycles. The molecular weight excluding hydrogens is 472 g/mol. The van der Waals surface area contributed by atoms with E-state index in [-0.39, 0.29) is 5.04 Å². The molecule has 0 aliphatic carbocycles. The van der Waals surface area contributed by atoms with Gasteiger partial charge in [-0.05, 0) is 77.0 Å². The van der Waals surface area contributed by atoms with Crippen LogP contribution in [0, 0.1) is 16.6 Å². The van der Waals surface area contributed by atoms with Crippen molar-refractivity contribution in [1.82, 2.24) is 14.8 Å². The number of rotatable bonds is 4. The van der Waals surface area contributed by atoms with Gasteiger partial charge in [-0.3, -0.25) is 0 Å². The molecule has 2 aromatic heterocycles. The standard InChI is InChI=1S/C20H25FIN3OSi/c1-13-14(12-26-27(5,6)20(2,3)4)7-9-16-18(13)25(24-19(16)22)15-8-10-17(21)23-11-15/h7-11H,12H2,1-6H3. The summed E-state index contributed by atoms with van der Waals surface area (Å²) in [6.45, 7) is 13.9. The van der Waals surface area contributed by atoms with Crippen molar-refractivity contribution in [3.05, 3.63) is 51.2 Å². The molecule has 1 aromatic carbocycles. The summed E-state index contributed by atoms with van der Waals surface area (Å²) in [5.74, 6) is -0.495. The lowest BCUT2D eigenvalue weighted by Gasteiger charge is -2.36. The fourth-order valence-electron chi connectivity index (χ4n) is 2.68. The zero-order valence-corrected chi connectivity index (χ0v) is 19.8. The van der Waals surface area contributed by atoms with E-state index in [1.165, 1.54) is 12.3 Å². The van der Waals surface area contributed by atoms with Crippen molar-refractivity contribution in [2.75, 3.05) is 0 Å². The smallest absolute Gasteiger partial charge is 0.212 e. The summed E-state index contributed by atoms with van der Waals surface area (Å²) in [5, 5.41) is 5.89. The number of aryl methyl sites for hydroxylation is 1. The summed E-state index contributed by atoms with van der Waals surface area (Å²) in [6, 6.07) is 7.27. The van der Waals surface area contributed by atoms with Crippen molar-refractivity contribution >= 4 is 41.8 Å². The second-order valence-corrected chi connectivity index (χ2v) is 14.2. The fraction of sp³-hybridized carbons (Fsp3) is 0.400. The van der Waals surface area contributed by atoms with E-state index in [4.69, 9.17) is 4.43 Å². The highest BCUT2D eigenvalue weighted by atomic mass is 127. The van der Waals surface area contributed by atoms with Crippen LogP contribution in [0.3, 0.4) is 0 Å². The Bertz CT molecular complexity index is 978. The summed E-state index contributed by atoms with van der Waals surface area (Å²) >= 11 is 2.23. The molecule has 0 bridgehead atoms. The molecule has 0 amide bonds. The second-order valence-electron chi connectivity index (χ2n) is 8.34. The Morgan fingerprint density at radius 3 is 2.48 bits per heavy atom. The van der Waals surface area contributed by atoms with Crippen LogP contribution in [0.25, 0.3) is 16.6 Å². The molecule has 0 N–H and O–H groups in total. The van der Waals surface area contributed by atoms with E-state index < -0.39 is 14.3 Å². The van der Waals surface area contributed by atoms with Gasteiger partial charge in [0.2, 0.25) is 5.95 Å². The highest BCUT2D eigenvalue weighted by Gasteiger charge is 2.37. The highest BCUT2D eigenvalue weighted by Crippen LogP contribution is 2.37. The molecule has 0 aliphatic rings. The van der Waals surface area contributed by atoms with E-state index in [1.807, 2.05) is 4.68 Å². The molecule has 0 saturated heterocycles. The average Bonchev–Trinajstić information content (AvgIpc) is 2.91. The van der Waals surface area contributed by atoms with Gasteiger partial charge in [0.05, 0.1) is 24.0 Å². The zero-order valence-electron chi connectivity index (χ0n) is 16.6. The average molecular weight is 497 g/mol. The monoisotopic (exact) mass is 497 g/mol. The molecular formula is C20H25FIN3OSi. The Hall–Kier alpha value is -1.32. The van der Waals surface area contributed by atoms with Crippen molar-refractivity contribution in [1.29, 1.82) is 0 Å². The molecule has 27 heavy (non-hydrogen) atoms. The molecule has 0 unspecified atom stereocenters. The Balaban J connectivity index is 2.04. The molecule has 0 aliphatic heterocycles. The van der Waals surface area contributed by atoms with Crippen molar-refractivity contribution in [2.24, 2.45) is 0 Å². The molecule has 7 heteroatoms. The largest absolute Gasteiger partial charge is 0.413 e. The van der Waals surface area contributed by atoms with E-state index in [0.717, 1.165) is 31.4 Å². The van der Waals surface area contributed by atoms with E-state index in [0.29, 0.717) is 6.61 Å². The third-order valence-corrected chi connectivity index (χ3v) is 10.8. The molecule has 3 aromatic rings. The van der Waals surface area contributed by atoms with E-state index in [9.17, 15) is 4.39 Å². The Labute approximate surface area is 174 Å². The lowest BCUT2D eigenvalue weighted by Crippen LogP contribution is -2.40. The first-order valence-corrected chi connectivity index (χ1v) is 12.9. The van der Waals surface area contributed by atoms with Crippen LogP contribution in [0.5, 0.6) is 0 Å². The lowest BCUT2D eigenvalue weighted by atomic mass is 10.1. The predicted molar refractivity (Wildman–Crippen MR) is 118 cm³/mol. The van der Waals surface area contributed by atoms with Crippen LogP contribution >= 0.6 is 22.6 Å². The van der Waals surface area contributed by atoms with Gasteiger partial charge >= 0.3 is 0 Å². The minimum atomic E-state index is -1.83. The van der Waals surface area contributed by atoms with Gasteiger partial charge in [0, 0.05) is 5.39 Å². The van der Waals surface area contributed by atoms with Crippen LogP contribution in [0.2, 0.25) is 18.1 Å². The number of pyridine rings is 1. The van der Waals surface area contributed by atoms with Crippen LogP contribution < -0.4 is 0 Å². The first-order valence-electron chi connectivity index (χ1n) is 8.94. The summed E-state index contributed by atoms with van der Waals surface area (Å²) in [6.07, 6.45) is 1.51. The minimum Gasteiger partial charge on any atom is -0.413 e. The van der Waals surface area contributed by atoms with Crippen LogP contribution in [0.4, 0.5) is 4.39 Å². The van der Waals surface area contributed by atoms with Crippen molar-refractivity contribution in [3.63, 3.8) is 0 Å². The Morgan fingerprint density at radius 2 is 1.89 bits per heavy atom. The Kier molecular flexibility index (Phi) is 5.48. The number of halogens is 2. The number of hydrogen-bond donors (Lipinski definition) is 0. The van der Waals surface area contributed by atoms with E-state index >= 15 is 0 Å². The molecule has 0 fully saturated rings. The molecule has 0 saturated carbocycles. The van der Waals surface area contributed by atoms with Crippen LogP contribution in [-0.4, -0.2) is 23.1 Å². The van der Waals surface area contributed by atoms with Gasteiger partial charge in [0.25, 0.3) is 0 Å². The normalized spacial score (nSPS) is 12.7. The maximum Gasteiger partial charge on any atom is 0.212 e. The van der Waals surface area contributed by atoms with Gasteiger partial charge in [-0.2, -0.15) is 9.49 Å². The van der Waals surface area contributed by atoms with Crippen molar-refractivity contribution < 1.29 is 8.82 Å². The fourth-order valence-corrected chi connectivity index (χ4v) is 4.28. The quantitative estimate of drug-likeness (QED) is 0.252. The van der Waals surface area contributed by atoms with Gasteiger partial charge < -0.3 is 4.43 Å². The maximum atomic E-state index is 13.2. The second kappa shape index (κ2) is 7.25. The third kappa shape index (κ3) is 3.95. The van der Waals surface area contributed by atoms with Crippen LogP contribution in [0.15, 0.2) is 30.5 Å². The number of aromatic nitrogens is 3. The number of nitrogens with zero attached hydrogens (tertiary/aromatic N) is 3. The van der Waals surface area contributed by atoms with Crippen molar-refractivity contribution in [3.8, 4) is 5.69 Å². The molecule has 4 nitrogen and oxygen atoms in total. The van der Waals surface area contributed by atoms with Crippen LogP contribution in [0.1, 0.15) is 31.9 Å². The van der Waals surface area contributed by atoms with Gasteiger partial charge in [0.15, 0.2) is 8.32 Å². The third-order valence-electron chi connectivity index (χ3n) is 5.52.